The van der Waals surface area contributed by atoms with Gasteiger partial charge in [-0.1, -0.05) is 0 Å². The summed E-state index contributed by atoms with van der Waals surface area (Å²) in [6.45, 7) is 3.86. The lowest BCUT2D eigenvalue weighted by Crippen LogP contribution is -2.02. The van der Waals surface area contributed by atoms with Gasteiger partial charge in [-0.25, -0.2) is 0 Å². The average Bonchev–Trinajstić information content (AvgIpc) is 2.16. The number of carbonyl (C=O) groups is 1. The van der Waals surface area contributed by atoms with Crippen LogP contribution in [-0.4, -0.2) is 18.6 Å². The van der Waals surface area contributed by atoms with Crippen LogP contribution in [0, 0.1) is 13.8 Å². The first-order valence-corrected chi connectivity index (χ1v) is 5.02. The molecule has 14 heavy (non-hydrogen) atoms. The molecule has 0 spiro atoms. The van der Waals surface area contributed by atoms with E-state index in [0.29, 0.717) is 5.56 Å². The third-order valence-electron chi connectivity index (χ3n) is 2.13. The van der Waals surface area contributed by atoms with E-state index in [2.05, 4.69) is 12.6 Å². The molecule has 2 nitrogen and oxygen atoms in total. The summed E-state index contributed by atoms with van der Waals surface area (Å²) in [5.41, 5.74) is 2.67. The molecule has 0 aliphatic carbocycles. The molecule has 0 aromatic heterocycles. The zero-order valence-corrected chi connectivity index (χ0v) is 9.52. The molecule has 0 fully saturated rings. The van der Waals surface area contributed by atoms with Crippen LogP contribution in [0.5, 0.6) is 5.75 Å². The molecule has 0 atom stereocenters. The number of carbonyl (C=O) groups excluding carboxylic acids is 1. The van der Waals surface area contributed by atoms with Crippen molar-refractivity contribution >= 4 is 18.4 Å². The zero-order valence-electron chi connectivity index (χ0n) is 8.63. The smallest absolute Gasteiger partial charge is 0.172 e. The Morgan fingerprint density at radius 3 is 2.21 bits per heavy atom. The molecule has 0 aliphatic heterocycles. The highest BCUT2D eigenvalue weighted by Crippen LogP contribution is 2.24. The maximum atomic E-state index is 11.4. The molecule has 0 bridgehead atoms. The number of Topliss-reactive ketones (excluding diaryl/α,β-unsaturated/α-hetero) is 1. The van der Waals surface area contributed by atoms with Crippen molar-refractivity contribution in [2.24, 2.45) is 0 Å². The van der Waals surface area contributed by atoms with Gasteiger partial charge in [-0.05, 0) is 37.1 Å². The van der Waals surface area contributed by atoms with Gasteiger partial charge in [-0.3, -0.25) is 4.79 Å². The second-order valence-corrected chi connectivity index (χ2v) is 3.54. The maximum Gasteiger partial charge on any atom is 0.172 e. The fourth-order valence-corrected chi connectivity index (χ4v) is 1.71. The fraction of sp³-hybridized carbons (Fsp3) is 0.364. The lowest BCUT2D eigenvalue weighted by molar-refractivity contribution is 0.102. The highest BCUT2D eigenvalue weighted by molar-refractivity contribution is 7.81. The van der Waals surface area contributed by atoms with Crippen molar-refractivity contribution < 1.29 is 9.53 Å². The van der Waals surface area contributed by atoms with Crippen LogP contribution >= 0.6 is 12.6 Å². The SMILES string of the molecule is COc1c(C)cc(C(=O)CS)cc1C. The van der Waals surface area contributed by atoms with Gasteiger partial charge in [0.05, 0.1) is 12.9 Å². The minimum atomic E-state index is 0.0437. The quantitative estimate of drug-likeness (QED) is 0.612. The van der Waals surface area contributed by atoms with Crippen LogP contribution in [0.3, 0.4) is 0 Å². The van der Waals surface area contributed by atoms with E-state index in [9.17, 15) is 4.79 Å². The van der Waals surface area contributed by atoms with E-state index in [1.54, 1.807) is 7.11 Å². The first-order valence-electron chi connectivity index (χ1n) is 4.39. The minimum absolute atomic E-state index is 0.0437. The fourth-order valence-electron chi connectivity index (χ4n) is 1.52. The van der Waals surface area contributed by atoms with E-state index in [-0.39, 0.29) is 11.5 Å². The number of rotatable bonds is 3. The van der Waals surface area contributed by atoms with Crippen LogP contribution in [0.1, 0.15) is 21.5 Å². The molecule has 1 rings (SSSR count). The van der Waals surface area contributed by atoms with Gasteiger partial charge in [-0.15, -0.1) is 0 Å². The first kappa shape index (κ1) is 11.1. The lowest BCUT2D eigenvalue weighted by Gasteiger charge is -2.09. The average molecular weight is 210 g/mol. The summed E-state index contributed by atoms with van der Waals surface area (Å²) in [5.74, 6) is 1.13. The van der Waals surface area contributed by atoms with Crippen molar-refractivity contribution in [2.45, 2.75) is 13.8 Å². The van der Waals surface area contributed by atoms with Crippen LogP contribution in [0.15, 0.2) is 12.1 Å². The molecule has 0 radical (unpaired) electrons. The Balaban J connectivity index is 3.20. The standard InChI is InChI=1S/C11H14O2S/c1-7-4-9(10(12)6-14)5-8(2)11(7)13-3/h4-5,14H,6H2,1-3H3. The summed E-state index contributed by atoms with van der Waals surface area (Å²) < 4.78 is 5.21. The van der Waals surface area contributed by atoms with Gasteiger partial charge >= 0.3 is 0 Å². The third kappa shape index (κ3) is 2.10. The van der Waals surface area contributed by atoms with E-state index in [1.165, 1.54) is 0 Å². The second kappa shape index (κ2) is 4.51. The van der Waals surface area contributed by atoms with Gasteiger partial charge in [-0.2, -0.15) is 12.6 Å². The van der Waals surface area contributed by atoms with Crippen molar-refractivity contribution in [1.29, 1.82) is 0 Å². The van der Waals surface area contributed by atoms with E-state index < -0.39 is 0 Å². The Morgan fingerprint density at radius 2 is 1.86 bits per heavy atom. The van der Waals surface area contributed by atoms with Gasteiger partial charge in [0.1, 0.15) is 5.75 Å². The Kier molecular flexibility index (Phi) is 3.58. The molecule has 0 heterocycles. The largest absolute Gasteiger partial charge is 0.496 e. The third-order valence-corrected chi connectivity index (χ3v) is 2.42. The van der Waals surface area contributed by atoms with Crippen LogP contribution in [0.25, 0.3) is 0 Å². The normalized spacial score (nSPS) is 10.0. The van der Waals surface area contributed by atoms with Gasteiger partial charge in [0.2, 0.25) is 0 Å². The van der Waals surface area contributed by atoms with Gasteiger partial charge in [0.25, 0.3) is 0 Å². The van der Waals surface area contributed by atoms with Crippen LogP contribution < -0.4 is 4.74 Å². The second-order valence-electron chi connectivity index (χ2n) is 3.22. The number of methoxy groups -OCH3 is 1. The number of aryl methyl sites for hydroxylation is 2. The van der Waals surface area contributed by atoms with Gasteiger partial charge in [0, 0.05) is 5.56 Å². The molecular weight excluding hydrogens is 196 g/mol. The molecule has 0 N–H and O–H groups in total. The van der Waals surface area contributed by atoms with Crippen molar-refractivity contribution in [3.63, 3.8) is 0 Å². The van der Waals surface area contributed by atoms with Crippen molar-refractivity contribution in [2.75, 3.05) is 12.9 Å². The number of ketones is 1. The zero-order chi connectivity index (χ0) is 10.7. The minimum Gasteiger partial charge on any atom is -0.496 e. The predicted octanol–water partition coefficient (Wildman–Crippen LogP) is 2.42. The van der Waals surface area contributed by atoms with Gasteiger partial charge < -0.3 is 4.74 Å². The number of benzene rings is 1. The van der Waals surface area contributed by atoms with Crippen molar-refractivity contribution in [3.05, 3.63) is 28.8 Å². The predicted molar refractivity (Wildman–Crippen MR) is 60.7 cm³/mol. The molecule has 0 amide bonds. The Morgan fingerprint density at radius 1 is 1.36 bits per heavy atom. The molecular formula is C11H14O2S. The molecule has 1 aromatic carbocycles. The molecule has 3 heteroatoms. The number of ether oxygens (including phenoxy) is 1. The molecule has 0 aliphatic rings. The lowest BCUT2D eigenvalue weighted by atomic mass is 10.0. The first-order chi connectivity index (χ1) is 6.60. The number of hydrogen-bond donors (Lipinski definition) is 1. The number of thiol groups is 1. The summed E-state index contributed by atoms with van der Waals surface area (Å²) >= 11 is 3.96. The Hall–Kier alpha value is -0.960. The van der Waals surface area contributed by atoms with Crippen molar-refractivity contribution in [1.82, 2.24) is 0 Å². The molecule has 76 valence electrons. The van der Waals surface area contributed by atoms with E-state index in [0.717, 1.165) is 16.9 Å². The van der Waals surface area contributed by atoms with Crippen molar-refractivity contribution in [3.8, 4) is 5.75 Å². The van der Waals surface area contributed by atoms with Crippen LogP contribution in [-0.2, 0) is 0 Å². The van der Waals surface area contributed by atoms with E-state index in [4.69, 9.17) is 4.74 Å². The molecule has 0 unspecified atom stereocenters. The summed E-state index contributed by atoms with van der Waals surface area (Å²) in [7, 11) is 1.63. The highest BCUT2D eigenvalue weighted by Gasteiger charge is 2.09. The van der Waals surface area contributed by atoms with E-state index >= 15 is 0 Å². The summed E-state index contributed by atoms with van der Waals surface area (Å²) in [4.78, 5) is 11.4. The molecule has 0 saturated heterocycles. The maximum absolute atomic E-state index is 11.4. The summed E-state index contributed by atoms with van der Waals surface area (Å²) in [6.07, 6.45) is 0. The topological polar surface area (TPSA) is 26.3 Å². The highest BCUT2D eigenvalue weighted by atomic mass is 32.1. The summed E-state index contributed by atoms with van der Waals surface area (Å²) in [6, 6.07) is 3.68. The number of hydrogen-bond acceptors (Lipinski definition) is 3. The summed E-state index contributed by atoms with van der Waals surface area (Å²) in [5, 5.41) is 0. The van der Waals surface area contributed by atoms with E-state index in [1.807, 2.05) is 26.0 Å². The Labute approximate surface area is 89.7 Å². The molecule has 0 saturated carbocycles. The van der Waals surface area contributed by atoms with Gasteiger partial charge in [0.15, 0.2) is 5.78 Å². The molecule has 1 aromatic rings. The monoisotopic (exact) mass is 210 g/mol. The Bertz CT molecular complexity index is 335. The van der Waals surface area contributed by atoms with Crippen LogP contribution in [0.2, 0.25) is 0 Å². The van der Waals surface area contributed by atoms with Crippen LogP contribution in [0.4, 0.5) is 0 Å².